The van der Waals surface area contributed by atoms with E-state index in [2.05, 4.69) is 0 Å². The van der Waals surface area contributed by atoms with Crippen LogP contribution in [0, 0.1) is 11.3 Å². The third-order valence-electron chi connectivity index (χ3n) is 2.00. The molecule has 0 bridgehead atoms. The standard InChI is InChI=1S/C12H13NO/c1-2-12(14)11(9-13)8-10-6-4-3-5-7-10/h3-8,12,14H,2H2,1H3/b11-8-. The van der Waals surface area contributed by atoms with Crippen LogP contribution in [0.2, 0.25) is 0 Å². The predicted octanol–water partition coefficient (Wildman–Crippen LogP) is 2.36. The van der Waals surface area contributed by atoms with Crippen molar-refractivity contribution in [1.82, 2.24) is 0 Å². The van der Waals surface area contributed by atoms with Gasteiger partial charge in [-0.1, -0.05) is 37.3 Å². The molecule has 1 atom stereocenters. The quantitative estimate of drug-likeness (QED) is 0.738. The first kappa shape index (κ1) is 10.5. The van der Waals surface area contributed by atoms with E-state index in [0.29, 0.717) is 12.0 Å². The molecule has 0 aromatic heterocycles. The average Bonchev–Trinajstić information content (AvgIpc) is 2.26. The molecule has 0 saturated carbocycles. The second-order valence-electron chi connectivity index (χ2n) is 3.05. The molecule has 1 aromatic rings. The predicted molar refractivity (Wildman–Crippen MR) is 56.3 cm³/mol. The summed E-state index contributed by atoms with van der Waals surface area (Å²) in [6.07, 6.45) is 1.63. The van der Waals surface area contributed by atoms with Gasteiger partial charge in [-0.25, -0.2) is 0 Å². The first-order valence-corrected chi connectivity index (χ1v) is 4.62. The number of benzene rings is 1. The summed E-state index contributed by atoms with van der Waals surface area (Å²) >= 11 is 0. The van der Waals surface area contributed by atoms with E-state index in [1.54, 1.807) is 6.08 Å². The minimum absolute atomic E-state index is 0.415. The molecule has 0 aliphatic rings. The number of aliphatic hydroxyl groups is 1. The largest absolute Gasteiger partial charge is 0.388 e. The van der Waals surface area contributed by atoms with Crippen molar-refractivity contribution < 1.29 is 5.11 Å². The maximum Gasteiger partial charge on any atom is 0.0974 e. The van der Waals surface area contributed by atoms with Crippen LogP contribution in [0.1, 0.15) is 18.9 Å². The van der Waals surface area contributed by atoms with Gasteiger partial charge >= 0.3 is 0 Å². The fraction of sp³-hybridized carbons (Fsp3) is 0.250. The molecule has 2 heteroatoms. The summed E-state index contributed by atoms with van der Waals surface area (Å²) in [6, 6.07) is 11.5. The summed E-state index contributed by atoms with van der Waals surface area (Å²) in [7, 11) is 0. The highest BCUT2D eigenvalue weighted by Gasteiger charge is 2.06. The SMILES string of the molecule is CCC(O)/C(C#N)=C\c1ccccc1. The third kappa shape index (κ3) is 2.72. The number of nitriles is 1. The van der Waals surface area contributed by atoms with Crippen LogP contribution in [0.15, 0.2) is 35.9 Å². The Bertz CT molecular complexity index is 348. The van der Waals surface area contributed by atoms with Gasteiger partial charge in [0.1, 0.15) is 0 Å². The van der Waals surface area contributed by atoms with Crippen molar-refractivity contribution in [3.05, 3.63) is 41.5 Å². The number of hydrogen-bond donors (Lipinski definition) is 1. The first-order valence-electron chi connectivity index (χ1n) is 4.62. The Morgan fingerprint density at radius 1 is 1.50 bits per heavy atom. The molecule has 0 saturated heterocycles. The van der Waals surface area contributed by atoms with Gasteiger partial charge < -0.3 is 5.11 Å². The molecule has 1 N–H and O–H groups in total. The molecule has 1 aromatic carbocycles. The zero-order valence-electron chi connectivity index (χ0n) is 8.14. The zero-order chi connectivity index (χ0) is 10.4. The van der Waals surface area contributed by atoms with Crippen LogP contribution >= 0.6 is 0 Å². The van der Waals surface area contributed by atoms with E-state index in [9.17, 15) is 5.11 Å². The van der Waals surface area contributed by atoms with Crippen molar-refractivity contribution in [3.63, 3.8) is 0 Å². The van der Waals surface area contributed by atoms with Gasteiger partial charge in [0.15, 0.2) is 0 Å². The number of aliphatic hydroxyl groups excluding tert-OH is 1. The molecule has 72 valence electrons. The lowest BCUT2D eigenvalue weighted by atomic mass is 10.1. The van der Waals surface area contributed by atoms with Gasteiger partial charge in [0.05, 0.1) is 17.7 Å². The molecule has 0 heterocycles. The molecule has 0 fully saturated rings. The number of rotatable bonds is 3. The number of hydrogen-bond acceptors (Lipinski definition) is 2. The van der Waals surface area contributed by atoms with Crippen molar-refractivity contribution in [2.24, 2.45) is 0 Å². The molecule has 0 aliphatic heterocycles. The molecule has 1 unspecified atom stereocenters. The first-order chi connectivity index (χ1) is 6.77. The summed E-state index contributed by atoms with van der Waals surface area (Å²) in [5.41, 5.74) is 1.36. The topological polar surface area (TPSA) is 44.0 Å². The van der Waals surface area contributed by atoms with Gasteiger partial charge in [0, 0.05) is 0 Å². The van der Waals surface area contributed by atoms with Gasteiger partial charge in [-0.15, -0.1) is 0 Å². The van der Waals surface area contributed by atoms with Crippen molar-refractivity contribution in [2.75, 3.05) is 0 Å². The molecule has 0 amide bonds. The van der Waals surface area contributed by atoms with E-state index in [1.807, 2.05) is 43.3 Å². The molecule has 2 nitrogen and oxygen atoms in total. The van der Waals surface area contributed by atoms with E-state index in [4.69, 9.17) is 5.26 Å². The van der Waals surface area contributed by atoms with Gasteiger partial charge in [0.2, 0.25) is 0 Å². The Hall–Kier alpha value is -1.59. The van der Waals surface area contributed by atoms with Crippen LogP contribution in [0.5, 0.6) is 0 Å². The van der Waals surface area contributed by atoms with Crippen LogP contribution in [0.3, 0.4) is 0 Å². The molecule has 0 radical (unpaired) electrons. The van der Waals surface area contributed by atoms with E-state index in [1.165, 1.54) is 0 Å². The average molecular weight is 187 g/mol. The smallest absolute Gasteiger partial charge is 0.0974 e. The second-order valence-corrected chi connectivity index (χ2v) is 3.05. The highest BCUT2D eigenvalue weighted by molar-refractivity contribution is 5.57. The summed E-state index contributed by atoms with van der Waals surface area (Å²) in [5.74, 6) is 0. The van der Waals surface area contributed by atoms with E-state index >= 15 is 0 Å². The molecular formula is C12H13NO. The minimum Gasteiger partial charge on any atom is -0.388 e. The molecule has 1 rings (SSSR count). The van der Waals surface area contributed by atoms with E-state index < -0.39 is 6.10 Å². The molecule has 0 spiro atoms. The van der Waals surface area contributed by atoms with E-state index in [-0.39, 0.29) is 0 Å². The van der Waals surface area contributed by atoms with Crippen LogP contribution in [0.4, 0.5) is 0 Å². The normalized spacial score (nSPS) is 13.4. The van der Waals surface area contributed by atoms with Crippen molar-refractivity contribution >= 4 is 6.08 Å². The van der Waals surface area contributed by atoms with E-state index in [0.717, 1.165) is 5.56 Å². The Morgan fingerprint density at radius 2 is 2.14 bits per heavy atom. The van der Waals surface area contributed by atoms with Gasteiger partial charge in [-0.3, -0.25) is 0 Å². The van der Waals surface area contributed by atoms with Crippen LogP contribution in [0.25, 0.3) is 6.08 Å². The van der Waals surface area contributed by atoms with Crippen LogP contribution in [-0.2, 0) is 0 Å². The summed E-state index contributed by atoms with van der Waals surface area (Å²) in [5, 5.41) is 18.3. The van der Waals surface area contributed by atoms with Crippen molar-refractivity contribution in [1.29, 1.82) is 5.26 Å². The fourth-order valence-electron chi connectivity index (χ4n) is 1.15. The second kappa shape index (κ2) is 5.21. The van der Waals surface area contributed by atoms with Crippen LogP contribution in [-0.4, -0.2) is 11.2 Å². The van der Waals surface area contributed by atoms with Crippen molar-refractivity contribution in [2.45, 2.75) is 19.4 Å². The maximum atomic E-state index is 9.49. The Balaban J connectivity index is 2.91. The van der Waals surface area contributed by atoms with Crippen LogP contribution < -0.4 is 0 Å². The highest BCUT2D eigenvalue weighted by atomic mass is 16.3. The fourth-order valence-corrected chi connectivity index (χ4v) is 1.15. The molecule has 14 heavy (non-hydrogen) atoms. The van der Waals surface area contributed by atoms with Crippen molar-refractivity contribution in [3.8, 4) is 6.07 Å². The zero-order valence-corrected chi connectivity index (χ0v) is 8.14. The lowest BCUT2D eigenvalue weighted by Crippen LogP contribution is -2.06. The Labute approximate surface area is 84.1 Å². The molecule has 0 aliphatic carbocycles. The maximum absolute atomic E-state index is 9.49. The summed E-state index contributed by atoms with van der Waals surface area (Å²) in [4.78, 5) is 0. The summed E-state index contributed by atoms with van der Waals surface area (Å²) in [6.45, 7) is 1.85. The summed E-state index contributed by atoms with van der Waals surface area (Å²) < 4.78 is 0. The monoisotopic (exact) mass is 187 g/mol. The van der Waals surface area contributed by atoms with Gasteiger partial charge in [0.25, 0.3) is 0 Å². The number of nitrogens with zero attached hydrogens (tertiary/aromatic N) is 1. The lowest BCUT2D eigenvalue weighted by Gasteiger charge is -2.04. The Kier molecular flexibility index (Phi) is 3.90. The molecular weight excluding hydrogens is 174 g/mol. The highest BCUT2D eigenvalue weighted by Crippen LogP contribution is 2.11. The minimum atomic E-state index is -0.653. The third-order valence-corrected chi connectivity index (χ3v) is 2.00. The van der Waals surface area contributed by atoms with Gasteiger partial charge in [-0.05, 0) is 18.1 Å². The lowest BCUT2D eigenvalue weighted by molar-refractivity contribution is 0.212. The Morgan fingerprint density at radius 3 is 2.64 bits per heavy atom. The van der Waals surface area contributed by atoms with Gasteiger partial charge in [-0.2, -0.15) is 5.26 Å².